The van der Waals surface area contributed by atoms with Gasteiger partial charge in [-0.2, -0.15) is 9.50 Å². The van der Waals surface area contributed by atoms with Gasteiger partial charge in [-0.1, -0.05) is 53.6 Å². The highest BCUT2D eigenvalue weighted by molar-refractivity contribution is 6.33. The highest BCUT2D eigenvalue weighted by Crippen LogP contribution is 2.20. The third kappa shape index (κ3) is 4.81. The molecule has 4 rings (SSSR count). The van der Waals surface area contributed by atoms with Crippen LogP contribution in [0.4, 0.5) is 11.6 Å². The van der Waals surface area contributed by atoms with Crippen molar-refractivity contribution in [2.75, 3.05) is 10.6 Å². The summed E-state index contributed by atoms with van der Waals surface area (Å²) in [6.45, 7) is 4.34. The Labute approximate surface area is 189 Å². The zero-order valence-electron chi connectivity index (χ0n) is 17.8. The lowest BCUT2D eigenvalue weighted by atomic mass is 10.1. The van der Waals surface area contributed by atoms with Crippen molar-refractivity contribution in [2.45, 2.75) is 33.2 Å². The standard InChI is InChI=1S/C23H23ClN6O2/c1-14-7-9-16(10-8-14)13-25-22-28-23-26-15(2)17(21(32)30(23)29-22)11-12-20(31)27-19-6-4-3-5-18(19)24/h3-10H,11-13H2,1-2H3,(H,27,31)(H2,25,26,28,29). The first-order chi connectivity index (χ1) is 15.4. The number of nitrogens with zero attached hydrogens (tertiary/aromatic N) is 3. The third-order valence-electron chi connectivity index (χ3n) is 5.13. The van der Waals surface area contributed by atoms with Gasteiger partial charge in [-0.05, 0) is 38.0 Å². The van der Waals surface area contributed by atoms with E-state index in [4.69, 9.17) is 11.6 Å². The molecule has 0 spiro atoms. The number of anilines is 2. The number of aromatic nitrogens is 4. The van der Waals surface area contributed by atoms with Gasteiger partial charge in [-0.15, -0.1) is 0 Å². The molecule has 0 saturated heterocycles. The largest absolute Gasteiger partial charge is 0.351 e. The zero-order valence-corrected chi connectivity index (χ0v) is 18.5. The molecule has 0 unspecified atom stereocenters. The van der Waals surface area contributed by atoms with Crippen molar-refractivity contribution in [2.24, 2.45) is 0 Å². The number of carbonyl (C=O) groups excluding carboxylic acids is 1. The van der Waals surface area contributed by atoms with E-state index in [-0.39, 0.29) is 30.1 Å². The molecule has 0 atom stereocenters. The zero-order chi connectivity index (χ0) is 22.7. The normalized spacial score (nSPS) is 11.0. The molecular weight excluding hydrogens is 428 g/mol. The highest BCUT2D eigenvalue weighted by Gasteiger charge is 2.15. The maximum absolute atomic E-state index is 13.0. The molecule has 0 aliphatic rings. The summed E-state index contributed by atoms with van der Waals surface area (Å²) in [6, 6.07) is 15.2. The van der Waals surface area contributed by atoms with E-state index < -0.39 is 0 Å². The van der Waals surface area contributed by atoms with Crippen molar-refractivity contribution in [1.29, 1.82) is 0 Å². The van der Waals surface area contributed by atoms with Gasteiger partial charge in [-0.3, -0.25) is 14.7 Å². The molecule has 2 aromatic carbocycles. The number of carbonyl (C=O) groups is 1. The minimum absolute atomic E-state index is 0.127. The maximum atomic E-state index is 13.0. The third-order valence-corrected chi connectivity index (χ3v) is 5.46. The Kier molecular flexibility index (Phi) is 6.23. The number of halogens is 1. The van der Waals surface area contributed by atoms with Crippen molar-refractivity contribution in [3.63, 3.8) is 0 Å². The molecule has 3 N–H and O–H groups in total. The Morgan fingerprint density at radius 1 is 1.09 bits per heavy atom. The minimum atomic E-state index is -0.270. The lowest BCUT2D eigenvalue weighted by molar-refractivity contribution is -0.116. The van der Waals surface area contributed by atoms with E-state index in [1.165, 1.54) is 10.1 Å². The van der Waals surface area contributed by atoms with Gasteiger partial charge in [0, 0.05) is 18.5 Å². The molecule has 164 valence electrons. The van der Waals surface area contributed by atoms with Crippen LogP contribution in [0.3, 0.4) is 0 Å². The van der Waals surface area contributed by atoms with Gasteiger partial charge in [-0.25, -0.2) is 4.98 Å². The van der Waals surface area contributed by atoms with E-state index in [2.05, 4.69) is 25.7 Å². The molecule has 1 amide bonds. The summed E-state index contributed by atoms with van der Waals surface area (Å²) < 4.78 is 1.30. The molecule has 0 bridgehead atoms. The molecule has 0 aliphatic heterocycles. The highest BCUT2D eigenvalue weighted by atomic mass is 35.5. The number of aryl methyl sites for hydroxylation is 2. The topological polar surface area (TPSA) is 104 Å². The lowest BCUT2D eigenvalue weighted by Crippen LogP contribution is -2.23. The van der Waals surface area contributed by atoms with Crippen molar-refractivity contribution in [3.05, 3.63) is 86.3 Å². The summed E-state index contributed by atoms with van der Waals surface area (Å²) >= 11 is 6.08. The van der Waals surface area contributed by atoms with E-state index in [0.717, 1.165) is 5.56 Å². The number of H-pyrrole nitrogens is 1. The minimum Gasteiger partial charge on any atom is -0.351 e. The van der Waals surface area contributed by atoms with Crippen LogP contribution in [-0.4, -0.2) is 25.5 Å². The Morgan fingerprint density at radius 2 is 1.84 bits per heavy atom. The van der Waals surface area contributed by atoms with E-state index in [0.29, 0.717) is 34.5 Å². The van der Waals surface area contributed by atoms with Gasteiger partial charge in [0.15, 0.2) is 0 Å². The average Bonchev–Trinajstić information content (AvgIpc) is 3.18. The Bertz CT molecular complexity index is 1330. The number of hydrogen-bond donors (Lipinski definition) is 3. The number of para-hydroxylation sites is 1. The van der Waals surface area contributed by atoms with Gasteiger partial charge < -0.3 is 10.6 Å². The van der Waals surface area contributed by atoms with Gasteiger partial charge in [0.05, 0.1) is 16.4 Å². The number of benzene rings is 2. The molecule has 9 heteroatoms. The second-order valence-corrected chi connectivity index (χ2v) is 7.96. The smallest absolute Gasteiger partial charge is 0.277 e. The van der Waals surface area contributed by atoms with Crippen molar-refractivity contribution in [1.82, 2.24) is 19.6 Å². The lowest BCUT2D eigenvalue weighted by Gasteiger charge is -2.08. The number of aromatic amines is 1. The van der Waals surface area contributed by atoms with Gasteiger partial charge in [0.25, 0.3) is 11.3 Å². The van der Waals surface area contributed by atoms with Crippen LogP contribution in [0.5, 0.6) is 0 Å². The Morgan fingerprint density at radius 3 is 2.59 bits per heavy atom. The van der Waals surface area contributed by atoms with Crippen LogP contribution in [0.1, 0.15) is 28.8 Å². The van der Waals surface area contributed by atoms with E-state index in [1.54, 1.807) is 31.2 Å². The van der Waals surface area contributed by atoms with Crippen LogP contribution >= 0.6 is 11.6 Å². The fourth-order valence-corrected chi connectivity index (χ4v) is 3.51. The molecule has 2 heterocycles. The molecule has 0 radical (unpaired) electrons. The summed E-state index contributed by atoms with van der Waals surface area (Å²) in [6.07, 6.45) is 0.379. The summed E-state index contributed by atoms with van der Waals surface area (Å²) in [5.41, 5.74) is 3.57. The SMILES string of the molecule is Cc1ccc(CNc2nc3nc(C)c(CCC(=O)Nc4ccccc4Cl)c(=O)n3[nH]2)cc1. The Hall–Kier alpha value is -3.65. The van der Waals surface area contributed by atoms with Crippen LogP contribution in [0, 0.1) is 13.8 Å². The average molecular weight is 451 g/mol. The summed E-state index contributed by atoms with van der Waals surface area (Å²) in [7, 11) is 0. The second kappa shape index (κ2) is 9.23. The second-order valence-electron chi connectivity index (χ2n) is 7.56. The van der Waals surface area contributed by atoms with E-state index in [1.807, 2.05) is 31.2 Å². The first kappa shape index (κ1) is 21.6. The molecule has 2 aromatic heterocycles. The Balaban J connectivity index is 1.46. The molecule has 32 heavy (non-hydrogen) atoms. The first-order valence-electron chi connectivity index (χ1n) is 10.2. The number of rotatable bonds is 7. The van der Waals surface area contributed by atoms with E-state index >= 15 is 0 Å². The molecule has 0 saturated carbocycles. The van der Waals surface area contributed by atoms with Crippen molar-refractivity contribution >= 4 is 34.9 Å². The van der Waals surface area contributed by atoms with Crippen LogP contribution in [0.2, 0.25) is 5.02 Å². The van der Waals surface area contributed by atoms with Crippen LogP contribution < -0.4 is 16.2 Å². The molecular formula is C23H23ClN6O2. The number of hydrogen-bond acceptors (Lipinski definition) is 5. The van der Waals surface area contributed by atoms with Crippen LogP contribution in [0.15, 0.2) is 53.3 Å². The quantitative estimate of drug-likeness (QED) is 0.396. The van der Waals surface area contributed by atoms with Gasteiger partial charge >= 0.3 is 0 Å². The summed E-state index contributed by atoms with van der Waals surface area (Å²) in [5.74, 6) is 0.499. The van der Waals surface area contributed by atoms with Crippen molar-refractivity contribution < 1.29 is 4.79 Å². The maximum Gasteiger partial charge on any atom is 0.277 e. The first-order valence-corrected chi connectivity index (χ1v) is 10.6. The molecule has 0 aliphatic carbocycles. The molecule has 4 aromatic rings. The van der Waals surface area contributed by atoms with Gasteiger partial charge in [0.2, 0.25) is 11.9 Å². The number of amides is 1. The number of fused-ring (bicyclic) bond motifs is 1. The van der Waals surface area contributed by atoms with Gasteiger partial charge in [0.1, 0.15) is 0 Å². The molecule has 0 fully saturated rings. The fraction of sp³-hybridized carbons (Fsp3) is 0.217. The summed E-state index contributed by atoms with van der Waals surface area (Å²) in [4.78, 5) is 34.1. The predicted octanol–water partition coefficient (Wildman–Crippen LogP) is 3.87. The number of nitrogens with one attached hydrogen (secondary N) is 3. The van der Waals surface area contributed by atoms with E-state index in [9.17, 15) is 9.59 Å². The molecule has 8 nitrogen and oxygen atoms in total. The predicted molar refractivity (Wildman–Crippen MR) is 125 cm³/mol. The van der Waals surface area contributed by atoms with Crippen LogP contribution in [0.25, 0.3) is 5.78 Å². The fourth-order valence-electron chi connectivity index (χ4n) is 3.33. The van der Waals surface area contributed by atoms with Crippen molar-refractivity contribution in [3.8, 4) is 0 Å². The monoisotopic (exact) mass is 450 g/mol. The summed E-state index contributed by atoms with van der Waals surface area (Å²) in [5, 5.41) is 9.35. The van der Waals surface area contributed by atoms with Crippen LogP contribution in [-0.2, 0) is 17.8 Å².